The van der Waals surface area contributed by atoms with Crippen LogP contribution in [0.25, 0.3) is 6.08 Å². The SMILES string of the molecule is CS(=O)(=O)/C=C\c1cccc(N=O)c1N. The highest BCUT2D eigenvalue weighted by molar-refractivity contribution is 7.93. The first-order valence-corrected chi connectivity index (χ1v) is 5.99. The van der Waals surface area contributed by atoms with E-state index in [9.17, 15) is 13.3 Å². The molecule has 0 amide bonds. The van der Waals surface area contributed by atoms with Crippen molar-refractivity contribution in [3.8, 4) is 0 Å². The average molecular weight is 226 g/mol. The molecule has 0 unspecified atom stereocenters. The van der Waals surface area contributed by atoms with Crippen molar-refractivity contribution in [2.24, 2.45) is 5.18 Å². The molecule has 5 nitrogen and oxygen atoms in total. The van der Waals surface area contributed by atoms with Crippen molar-refractivity contribution < 1.29 is 8.42 Å². The van der Waals surface area contributed by atoms with Crippen LogP contribution in [0.5, 0.6) is 0 Å². The number of rotatable bonds is 3. The molecule has 80 valence electrons. The van der Waals surface area contributed by atoms with Gasteiger partial charge in [0.15, 0.2) is 9.84 Å². The average Bonchev–Trinajstić information content (AvgIpc) is 2.15. The number of nitrogens with zero attached hydrogens (tertiary/aromatic N) is 1. The molecule has 0 fully saturated rings. The van der Waals surface area contributed by atoms with Crippen molar-refractivity contribution in [3.05, 3.63) is 34.1 Å². The topological polar surface area (TPSA) is 89.6 Å². The second kappa shape index (κ2) is 4.22. The molecule has 0 aliphatic carbocycles. The smallest absolute Gasteiger partial charge is 0.168 e. The Hall–Kier alpha value is -1.69. The molecule has 0 saturated heterocycles. The number of hydrogen-bond donors (Lipinski definition) is 1. The van der Waals surface area contributed by atoms with E-state index in [1.807, 2.05) is 0 Å². The summed E-state index contributed by atoms with van der Waals surface area (Å²) in [6, 6.07) is 4.64. The van der Waals surface area contributed by atoms with E-state index in [2.05, 4.69) is 5.18 Å². The van der Waals surface area contributed by atoms with Crippen LogP contribution in [0, 0.1) is 4.91 Å². The normalized spacial score (nSPS) is 11.8. The largest absolute Gasteiger partial charge is 0.396 e. The Bertz CT molecular complexity index is 506. The van der Waals surface area contributed by atoms with Crippen LogP contribution in [-0.2, 0) is 9.84 Å². The molecule has 1 aromatic rings. The summed E-state index contributed by atoms with van der Waals surface area (Å²) in [6.07, 6.45) is 2.40. The van der Waals surface area contributed by atoms with Gasteiger partial charge in [-0.3, -0.25) is 0 Å². The molecule has 0 heterocycles. The second-order valence-corrected chi connectivity index (χ2v) is 4.93. The molecule has 1 rings (SSSR count). The molecule has 0 aromatic heterocycles. The van der Waals surface area contributed by atoms with E-state index < -0.39 is 9.84 Å². The van der Waals surface area contributed by atoms with E-state index in [4.69, 9.17) is 5.73 Å². The van der Waals surface area contributed by atoms with Crippen molar-refractivity contribution in [3.63, 3.8) is 0 Å². The highest BCUT2D eigenvalue weighted by atomic mass is 32.2. The standard InChI is InChI=1S/C9H10N2O3S/c1-15(13,14)6-5-7-3-2-4-8(11-12)9(7)10/h2-6H,10H2,1H3/b6-5-. The number of nitroso groups, excluding NO2 is 1. The predicted molar refractivity (Wildman–Crippen MR) is 60.2 cm³/mol. The van der Waals surface area contributed by atoms with Crippen molar-refractivity contribution in [2.75, 3.05) is 12.0 Å². The Balaban J connectivity index is 3.17. The Morgan fingerprint density at radius 1 is 1.40 bits per heavy atom. The highest BCUT2D eigenvalue weighted by Gasteiger charge is 2.03. The fourth-order valence-electron chi connectivity index (χ4n) is 0.992. The lowest BCUT2D eigenvalue weighted by Crippen LogP contribution is -1.91. The van der Waals surface area contributed by atoms with Crippen LogP contribution in [0.4, 0.5) is 11.4 Å². The molecule has 0 spiro atoms. The number of anilines is 1. The molecule has 0 aliphatic heterocycles. The molecule has 2 N–H and O–H groups in total. The van der Waals surface area contributed by atoms with Crippen LogP contribution in [0.15, 0.2) is 28.8 Å². The maximum Gasteiger partial charge on any atom is 0.168 e. The van der Waals surface area contributed by atoms with Gasteiger partial charge in [-0.25, -0.2) is 8.42 Å². The molecular formula is C9H10N2O3S. The van der Waals surface area contributed by atoms with Gasteiger partial charge >= 0.3 is 0 Å². The number of hydrogen-bond acceptors (Lipinski definition) is 5. The van der Waals surface area contributed by atoms with Gasteiger partial charge in [-0.15, -0.1) is 4.91 Å². The lowest BCUT2D eigenvalue weighted by atomic mass is 10.1. The Morgan fingerprint density at radius 3 is 2.60 bits per heavy atom. The monoisotopic (exact) mass is 226 g/mol. The Morgan fingerprint density at radius 2 is 2.07 bits per heavy atom. The minimum absolute atomic E-state index is 0.102. The Kier molecular flexibility index (Phi) is 3.21. The van der Waals surface area contributed by atoms with Crippen LogP contribution in [0.2, 0.25) is 0 Å². The third-order valence-electron chi connectivity index (χ3n) is 1.71. The summed E-state index contributed by atoms with van der Waals surface area (Å²) in [5.41, 5.74) is 6.32. The summed E-state index contributed by atoms with van der Waals surface area (Å²) in [5, 5.41) is 3.74. The van der Waals surface area contributed by atoms with Gasteiger partial charge in [-0.2, -0.15) is 0 Å². The van der Waals surface area contributed by atoms with Gasteiger partial charge in [0, 0.05) is 17.2 Å². The molecule has 0 saturated carbocycles. The molecule has 1 aromatic carbocycles. The summed E-state index contributed by atoms with van der Waals surface area (Å²) >= 11 is 0. The predicted octanol–water partition coefficient (Wildman–Crippen LogP) is 1.68. The third kappa shape index (κ3) is 3.17. The van der Waals surface area contributed by atoms with Crippen LogP contribution >= 0.6 is 0 Å². The molecule has 0 bridgehead atoms. The van der Waals surface area contributed by atoms with Gasteiger partial charge in [-0.1, -0.05) is 12.1 Å². The number of benzene rings is 1. The van der Waals surface area contributed by atoms with Crippen molar-refractivity contribution in [1.29, 1.82) is 0 Å². The van der Waals surface area contributed by atoms with Crippen LogP contribution in [-0.4, -0.2) is 14.7 Å². The maximum atomic E-state index is 10.9. The third-order valence-corrected chi connectivity index (χ3v) is 2.34. The van der Waals surface area contributed by atoms with Gasteiger partial charge < -0.3 is 5.73 Å². The van der Waals surface area contributed by atoms with Crippen LogP contribution in [0.3, 0.4) is 0 Å². The summed E-state index contributed by atoms with van der Waals surface area (Å²) in [6.45, 7) is 0. The zero-order valence-electron chi connectivity index (χ0n) is 8.04. The molecule has 0 aliphatic rings. The Labute approximate surface area is 87.5 Å². The number of para-hydroxylation sites is 1. The minimum Gasteiger partial charge on any atom is -0.396 e. The number of nitrogen functional groups attached to an aromatic ring is 1. The van der Waals surface area contributed by atoms with Crippen LogP contribution in [0.1, 0.15) is 5.56 Å². The first-order chi connectivity index (χ1) is 6.94. The lowest BCUT2D eigenvalue weighted by molar-refractivity contribution is 0.610. The first kappa shape index (κ1) is 11.4. The fourth-order valence-corrected chi connectivity index (χ4v) is 1.39. The summed E-state index contributed by atoms with van der Waals surface area (Å²) in [5.74, 6) is 0. The zero-order chi connectivity index (χ0) is 11.5. The summed E-state index contributed by atoms with van der Waals surface area (Å²) < 4.78 is 21.7. The minimum atomic E-state index is -3.20. The van der Waals surface area contributed by atoms with E-state index in [0.29, 0.717) is 5.56 Å². The van der Waals surface area contributed by atoms with E-state index in [1.165, 1.54) is 12.1 Å². The number of nitrogens with two attached hydrogens (primary N) is 1. The van der Waals surface area contributed by atoms with Crippen LogP contribution < -0.4 is 5.73 Å². The molecular weight excluding hydrogens is 216 g/mol. The molecule has 15 heavy (non-hydrogen) atoms. The first-order valence-electron chi connectivity index (χ1n) is 4.04. The maximum absolute atomic E-state index is 10.9. The molecule has 6 heteroatoms. The molecule has 0 radical (unpaired) electrons. The second-order valence-electron chi connectivity index (χ2n) is 3.00. The van der Waals surface area contributed by atoms with Gasteiger partial charge in [0.2, 0.25) is 0 Å². The molecule has 0 atom stereocenters. The highest BCUT2D eigenvalue weighted by Crippen LogP contribution is 2.26. The quantitative estimate of drug-likeness (QED) is 0.627. The summed E-state index contributed by atoms with van der Waals surface area (Å²) in [4.78, 5) is 10.3. The van der Waals surface area contributed by atoms with Gasteiger partial charge in [-0.05, 0) is 17.3 Å². The van der Waals surface area contributed by atoms with E-state index in [0.717, 1.165) is 11.7 Å². The zero-order valence-corrected chi connectivity index (χ0v) is 8.86. The number of sulfone groups is 1. The van der Waals surface area contributed by atoms with Crippen molar-refractivity contribution >= 4 is 27.3 Å². The van der Waals surface area contributed by atoms with Crippen molar-refractivity contribution in [1.82, 2.24) is 0 Å². The van der Waals surface area contributed by atoms with E-state index in [-0.39, 0.29) is 11.4 Å². The van der Waals surface area contributed by atoms with E-state index in [1.54, 1.807) is 12.1 Å². The van der Waals surface area contributed by atoms with Gasteiger partial charge in [0.25, 0.3) is 0 Å². The fraction of sp³-hybridized carbons (Fsp3) is 0.111. The van der Waals surface area contributed by atoms with Crippen molar-refractivity contribution in [2.45, 2.75) is 0 Å². The lowest BCUT2D eigenvalue weighted by Gasteiger charge is -2.00. The van der Waals surface area contributed by atoms with Gasteiger partial charge in [0.1, 0.15) is 5.69 Å². The van der Waals surface area contributed by atoms with E-state index >= 15 is 0 Å². The summed E-state index contributed by atoms with van der Waals surface area (Å²) in [7, 11) is -3.20. The van der Waals surface area contributed by atoms with Gasteiger partial charge in [0.05, 0.1) is 5.69 Å².